The summed E-state index contributed by atoms with van der Waals surface area (Å²) in [4.78, 5) is 29.8. The predicted molar refractivity (Wildman–Crippen MR) is 121 cm³/mol. The fourth-order valence-corrected chi connectivity index (χ4v) is 3.56. The fraction of sp³-hybridized carbons (Fsp3) is 0.125. The lowest BCUT2D eigenvalue weighted by Gasteiger charge is -2.10. The van der Waals surface area contributed by atoms with Crippen molar-refractivity contribution in [2.75, 3.05) is 11.9 Å². The quantitative estimate of drug-likeness (QED) is 0.362. The van der Waals surface area contributed by atoms with E-state index < -0.39 is 24.3 Å². The Labute approximate surface area is 197 Å². The van der Waals surface area contributed by atoms with Crippen LogP contribution in [-0.4, -0.2) is 38.4 Å². The molecule has 11 heteroatoms. The van der Waals surface area contributed by atoms with Gasteiger partial charge in [0.05, 0.1) is 34.3 Å². The van der Waals surface area contributed by atoms with Gasteiger partial charge in [-0.2, -0.15) is 5.10 Å². The third-order valence-electron chi connectivity index (χ3n) is 5.12. The first-order chi connectivity index (χ1) is 16.9. The topological polar surface area (TPSA) is 125 Å². The van der Waals surface area contributed by atoms with E-state index in [4.69, 9.17) is 13.7 Å². The van der Waals surface area contributed by atoms with Crippen LogP contribution in [0.4, 0.5) is 10.2 Å². The first-order valence-corrected chi connectivity index (χ1v) is 10.5. The molecule has 0 saturated carbocycles. The molecule has 5 aromatic rings. The summed E-state index contributed by atoms with van der Waals surface area (Å²) >= 11 is 0. The Morgan fingerprint density at radius 3 is 2.69 bits per heavy atom. The van der Waals surface area contributed by atoms with Crippen LogP contribution < -0.4 is 5.32 Å². The van der Waals surface area contributed by atoms with Gasteiger partial charge < -0.3 is 19.0 Å². The SMILES string of the molecule is Cc1cc(NC(=O)COC(=O)c2cc(-c3ccco3)nc3onc(C)c23)n(-c2ccc(F)cc2)n1. The number of aryl methyl sites for hydroxylation is 2. The van der Waals surface area contributed by atoms with Crippen LogP contribution in [0.15, 0.2) is 63.7 Å². The van der Waals surface area contributed by atoms with Crippen molar-refractivity contribution < 1.29 is 27.7 Å². The minimum atomic E-state index is -0.755. The van der Waals surface area contributed by atoms with E-state index >= 15 is 0 Å². The van der Waals surface area contributed by atoms with Crippen molar-refractivity contribution in [1.82, 2.24) is 19.9 Å². The van der Waals surface area contributed by atoms with Crippen molar-refractivity contribution in [2.45, 2.75) is 13.8 Å². The average Bonchev–Trinajstić information content (AvgIpc) is 3.58. The largest absolute Gasteiger partial charge is 0.463 e. The number of rotatable bonds is 6. The van der Waals surface area contributed by atoms with Gasteiger partial charge in [0.1, 0.15) is 17.3 Å². The van der Waals surface area contributed by atoms with E-state index in [0.29, 0.717) is 39.7 Å². The summed E-state index contributed by atoms with van der Waals surface area (Å²) < 4.78 is 30.6. The van der Waals surface area contributed by atoms with Crippen molar-refractivity contribution in [3.05, 3.63) is 77.6 Å². The number of ether oxygens (including phenoxy) is 1. The number of carbonyl (C=O) groups excluding carboxylic acids is 2. The second-order valence-electron chi connectivity index (χ2n) is 7.66. The number of hydrogen-bond acceptors (Lipinski definition) is 8. The zero-order chi connectivity index (χ0) is 24.5. The Morgan fingerprint density at radius 2 is 1.94 bits per heavy atom. The van der Waals surface area contributed by atoms with Crippen molar-refractivity contribution in [3.8, 4) is 17.1 Å². The molecule has 0 bridgehead atoms. The number of aromatic nitrogens is 4. The van der Waals surface area contributed by atoms with Gasteiger partial charge in [-0.05, 0) is 56.3 Å². The van der Waals surface area contributed by atoms with E-state index in [1.165, 1.54) is 41.3 Å². The van der Waals surface area contributed by atoms with Crippen molar-refractivity contribution in [1.29, 1.82) is 0 Å². The summed E-state index contributed by atoms with van der Waals surface area (Å²) in [6, 6.07) is 12.2. The molecule has 0 aliphatic rings. The number of hydrogen-bond donors (Lipinski definition) is 1. The highest BCUT2D eigenvalue weighted by Gasteiger charge is 2.22. The molecule has 4 aromatic heterocycles. The summed E-state index contributed by atoms with van der Waals surface area (Å²) in [5, 5.41) is 11.2. The maximum Gasteiger partial charge on any atom is 0.339 e. The lowest BCUT2D eigenvalue weighted by molar-refractivity contribution is -0.119. The van der Waals surface area contributed by atoms with Crippen LogP contribution in [-0.2, 0) is 9.53 Å². The number of amides is 1. The molecule has 0 atom stereocenters. The molecule has 10 nitrogen and oxygen atoms in total. The second kappa shape index (κ2) is 8.86. The molecule has 0 aliphatic heterocycles. The molecule has 0 aliphatic carbocycles. The van der Waals surface area contributed by atoms with Gasteiger partial charge >= 0.3 is 5.97 Å². The number of furan rings is 1. The van der Waals surface area contributed by atoms with Gasteiger partial charge in [-0.15, -0.1) is 0 Å². The summed E-state index contributed by atoms with van der Waals surface area (Å²) in [6.07, 6.45) is 1.48. The van der Waals surface area contributed by atoms with Gasteiger partial charge in [-0.25, -0.2) is 18.9 Å². The maximum atomic E-state index is 13.3. The van der Waals surface area contributed by atoms with Crippen LogP contribution in [0.5, 0.6) is 0 Å². The third-order valence-corrected chi connectivity index (χ3v) is 5.12. The molecule has 0 radical (unpaired) electrons. The molecule has 0 saturated heterocycles. The Morgan fingerprint density at radius 1 is 1.14 bits per heavy atom. The Hall–Kier alpha value is -4.80. The van der Waals surface area contributed by atoms with Gasteiger partial charge in [-0.1, -0.05) is 5.16 Å². The fourth-order valence-electron chi connectivity index (χ4n) is 3.56. The number of esters is 1. The van der Waals surface area contributed by atoms with Crippen LogP contribution in [0.25, 0.3) is 28.2 Å². The molecule has 0 unspecified atom stereocenters. The lowest BCUT2D eigenvalue weighted by Crippen LogP contribution is -2.22. The highest BCUT2D eigenvalue weighted by molar-refractivity contribution is 6.05. The maximum absolute atomic E-state index is 13.3. The van der Waals surface area contributed by atoms with Gasteiger partial charge in [0.25, 0.3) is 11.6 Å². The summed E-state index contributed by atoms with van der Waals surface area (Å²) in [7, 11) is 0. The van der Waals surface area contributed by atoms with Crippen LogP contribution in [0.1, 0.15) is 21.7 Å². The molecule has 0 fully saturated rings. The van der Waals surface area contributed by atoms with E-state index in [1.54, 1.807) is 32.0 Å². The Kier molecular flexibility index (Phi) is 5.57. The molecule has 176 valence electrons. The molecule has 35 heavy (non-hydrogen) atoms. The number of carbonyl (C=O) groups is 2. The van der Waals surface area contributed by atoms with Gasteiger partial charge in [-0.3, -0.25) is 4.79 Å². The minimum Gasteiger partial charge on any atom is -0.463 e. The number of anilines is 1. The number of nitrogens with zero attached hydrogens (tertiary/aromatic N) is 4. The van der Waals surface area contributed by atoms with Gasteiger partial charge in [0.2, 0.25) is 0 Å². The highest BCUT2D eigenvalue weighted by Crippen LogP contribution is 2.28. The van der Waals surface area contributed by atoms with Crippen molar-refractivity contribution in [2.24, 2.45) is 0 Å². The number of pyridine rings is 1. The number of halogens is 1. The number of benzene rings is 1. The van der Waals surface area contributed by atoms with E-state index in [1.807, 2.05) is 0 Å². The average molecular weight is 475 g/mol. The monoisotopic (exact) mass is 475 g/mol. The van der Waals surface area contributed by atoms with Crippen LogP contribution in [0.3, 0.4) is 0 Å². The molecule has 4 heterocycles. The predicted octanol–water partition coefficient (Wildman–Crippen LogP) is 4.22. The van der Waals surface area contributed by atoms with E-state index in [0.717, 1.165) is 0 Å². The zero-order valence-electron chi connectivity index (χ0n) is 18.6. The van der Waals surface area contributed by atoms with Crippen LogP contribution in [0.2, 0.25) is 0 Å². The third kappa shape index (κ3) is 4.38. The van der Waals surface area contributed by atoms with Crippen LogP contribution >= 0.6 is 0 Å². The van der Waals surface area contributed by atoms with E-state index in [2.05, 4.69) is 20.6 Å². The highest BCUT2D eigenvalue weighted by atomic mass is 19.1. The van der Waals surface area contributed by atoms with Crippen molar-refractivity contribution in [3.63, 3.8) is 0 Å². The lowest BCUT2D eigenvalue weighted by atomic mass is 10.1. The van der Waals surface area contributed by atoms with Crippen LogP contribution in [0, 0.1) is 19.7 Å². The number of nitrogens with one attached hydrogen (secondary N) is 1. The zero-order valence-corrected chi connectivity index (χ0v) is 18.6. The molecule has 1 aromatic carbocycles. The van der Waals surface area contributed by atoms with Crippen molar-refractivity contribution >= 4 is 28.8 Å². The first-order valence-electron chi connectivity index (χ1n) is 10.5. The summed E-state index contributed by atoms with van der Waals surface area (Å²) in [6.45, 7) is 2.86. The first kappa shape index (κ1) is 22.0. The molecule has 5 rings (SSSR count). The number of fused-ring (bicyclic) bond motifs is 1. The smallest absolute Gasteiger partial charge is 0.339 e. The second-order valence-corrected chi connectivity index (χ2v) is 7.66. The summed E-state index contributed by atoms with van der Waals surface area (Å²) in [5.74, 6) is -0.956. The van der Waals surface area contributed by atoms with Gasteiger partial charge in [0, 0.05) is 6.07 Å². The molecule has 1 amide bonds. The molecular weight excluding hydrogens is 457 g/mol. The van der Waals surface area contributed by atoms with E-state index in [9.17, 15) is 14.0 Å². The normalized spacial score (nSPS) is 11.1. The standard InChI is InChI=1S/C24H18FN5O5/c1-13-10-20(30(28-13)16-7-5-15(25)6-8-16)27-21(31)12-34-24(32)17-11-18(19-4-3-9-33-19)26-23-22(17)14(2)29-35-23/h3-11H,12H2,1-2H3,(H,27,31). The molecule has 1 N–H and O–H groups in total. The van der Waals surface area contributed by atoms with E-state index in [-0.39, 0.29) is 11.3 Å². The Bertz CT molecular complexity index is 1540. The Balaban J connectivity index is 1.34. The molecule has 0 spiro atoms. The molecular formula is C24H18FN5O5. The van der Waals surface area contributed by atoms with Gasteiger partial charge in [0.15, 0.2) is 12.4 Å². The minimum absolute atomic E-state index is 0.139. The summed E-state index contributed by atoms with van der Waals surface area (Å²) in [5.41, 5.74) is 2.28.